The molecule has 0 aliphatic carbocycles. The number of benzene rings is 1. The zero-order chi connectivity index (χ0) is 14.5. The average molecular weight is 376 g/mol. The van der Waals surface area contributed by atoms with Crippen LogP contribution in [0.25, 0.3) is 11.3 Å². The largest absolute Gasteiger partial charge is 0.481 e. The van der Waals surface area contributed by atoms with Gasteiger partial charge >= 0.3 is 0 Å². The van der Waals surface area contributed by atoms with Gasteiger partial charge in [0.15, 0.2) is 5.56 Å². The first kappa shape index (κ1) is 18.0. The number of aromatic nitrogens is 1. The first-order chi connectivity index (χ1) is 9.63. The van der Waals surface area contributed by atoms with Crippen molar-refractivity contribution in [3.8, 4) is 28.8 Å². The molecule has 0 N–H and O–H groups in total. The zero-order valence-corrected chi connectivity index (χ0v) is 15.4. The first-order valence-electron chi connectivity index (χ1n) is 6.03. The van der Waals surface area contributed by atoms with Gasteiger partial charge in [-0.25, -0.2) is 0 Å². The van der Waals surface area contributed by atoms with Crippen LogP contribution >= 0.6 is 11.6 Å². The Hall–Kier alpha value is -1.08. The molecule has 1 heterocycles. The van der Waals surface area contributed by atoms with Crippen LogP contribution in [0.1, 0.15) is 6.92 Å². The smallest absolute Gasteiger partial charge is 0.194 e. The number of halogens is 1. The molecule has 0 fully saturated rings. The molecular weight excluding hydrogens is 363 g/mol. The third kappa shape index (κ3) is 4.44. The summed E-state index contributed by atoms with van der Waals surface area (Å²) in [6, 6.07) is 11.4. The van der Waals surface area contributed by atoms with E-state index in [1.807, 2.05) is 6.07 Å². The third-order valence-electron chi connectivity index (χ3n) is 2.80. The Bertz CT molecular complexity index is 744. The molecule has 0 unspecified atom stereocenters. The van der Waals surface area contributed by atoms with Crippen molar-refractivity contribution in [1.29, 1.82) is 0 Å². The Kier molecular flexibility index (Phi) is 7.18. The summed E-state index contributed by atoms with van der Waals surface area (Å²) in [7, 11) is 1.69. The van der Waals surface area contributed by atoms with Crippen molar-refractivity contribution >= 4 is 11.6 Å². The molecule has 0 aliphatic heterocycles. The van der Waals surface area contributed by atoms with Crippen LogP contribution in [0.3, 0.4) is 0 Å². The van der Waals surface area contributed by atoms with Crippen LogP contribution in [0.2, 0.25) is 5.02 Å². The van der Waals surface area contributed by atoms with Gasteiger partial charge in [0.05, 0.1) is 0 Å². The molecule has 0 saturated carbocycles. The Labute approximate surface area is 154 Å². The number of ether oxygens (including phenoxy) is 1. The molecule has 1 aromatic heterocycles. The Morgan fingerprint density at radius 2 is 2.14 bits per heavy atom. The van der Waals surface area contributed by atoms with E-state index in [2.05, 4.69) is 17.9 Å². The monoisotopic (exact) mass is 375 g/mol. The maximum Gasteiger partial charge on any atom is 0.194 e. The van der Waals surface area contributed by atoms with Gasteiger partial charge in [-0.05, 0) is 24.1 Å². The molecule has 0 spiro atoms. The number of rotatable bonds is 3. The topological polar surface area (TPSA) is 31.2 Å². The van der Waals surface area contributed by atoms with Crippen molar-refractivity contribution in [3.05, 3.63) is 51.8 Å². The molecule has 2 rings (SSSR count). The molecule has 3 nitrogen and oxygen atoms in total. The van der Waals surface area contributed by atoms with Crippen molar-refractivity contribution in [1.82, 2.24) is 4.57 Å². The van der Waals surface area contributed by atoms with Gasteiger partial charge in [-0.3, -0.25) is 4.79 Å². The molecule has 5 heteroatoms. The molecule has 2 aromatic rings. The van der Waals surface area contributed by atoms with E-state index in [4.69, 9.17) is 16.3 Å². The summed E-state index contributed by atoms with van der Waals surface area (Å²) in [6.45, 7) is 2.08. The van der Waals surface area contributed by atoms with E-state index in [1.165, 1.54) is 10.6 Å². The molecule has 105 valence electrons. The summed E-state index contributed by atoms with van der Waals surface area (Å²) >= 11 is 6.25. The van der Waals surface area contributed by atoms with Crippen molar-refractivity contribution in [2.24, 2.45) is 7.05 Å². The van der Waals surface area contributed by atoms with Crippen LogP contribution in [0.15, 0.2) is 35.1 Å². The summed E-state index contributed by atoms with van der Waals surface area (Å²) < 4.78 is 6.94. The molecular formula is C16H13ClNO2Y-. The quantitative estimate of drug-likeness (QED) is 0.610. The maximum absolute atomic E-state index is 11.6. The van der Waals surface area contributed by atoms with Crippen molar-refractivity contribution in [2.45, 2.75) is 6.92 Å². The van der Waals surface area contributed by atoms with Gasteiger partial charge in [0.1, 0.15) is 12.4 Å². The van der Waals surface area contributed by atoms with Gasteiger partial charge < -0.3 is 9.30 Å². The van der Waals surface area contributed by atoms with Crippen LogP contribution in [-0.4, -0.2) is 11.2 Å². The van der Waals surface area contributed by atoms with Gasteiger partial charge in [-0.15, -0.1) is 12.0 Å². The van der Waals surface area contributed by atoms with E-state index >= 15 is 0 Å². The van der Waals surface area contributed by atoms with Crippen molar-refractivity contribution in [3.63, 3.8) is 0 Å². The number of hydrogen-bond acceptors (Lipinski definition) is 2. The van der Waals surface area contributed by atoms with Gasteiger partial charge in [0.2, 0.25) is 0 Å². The number of hydrogen-bond donors (Lipinski definition) is 0. The second-order valence-corrected chi connectivity index (χ2v) is 4.49. The molecule has 1 aromatic carbocycles. The summed E-state index contributed by atoms with van der Waals surface area (Å²) in [4.78, 5) is 11.6. The molecule has 0 bridgehead atoms. The fourth-order valence-corrected chi connectivity index (χ4v) is 2.00. The normalized spacial score (nSPS) is 9.29. The summed E-state index contributed by atoms with van der Waals surface area (Å²) in [5, 5.41) is 0.504. The van der Waals surface area contributed by atoms with Crippen LogP contribution < -0.4 is 10.3 Å². The summed E-state index contributed by atoms with van der Waals surface area (Å²) in [5.74, 6) is 6.21. The van der Waals surface area contributed by atoms with Crippen LogP contribution in [0.4, 0.5) is 0 Å². The van der Waals surface area contributed by atoms with Gasteiger partial charge in [-0.2, -0.15) is 12.1 Å². The first-order valence-corrected chi connectivity index (χ1v) is 6.41. The summed E-state index contributed by atoms with van der Waals surface area (Å²) in [5.41, 5.74) is 1.27. The minimum atomic E-state index is -0.103. The minimum Gasteiger partial charge on any atom is -0.481 e. The average Bonchev–Trinajstić information content (AvgIpc) is 2.43. The van der Waals surface area contributed by atoms with Crippen LogP contribution in [-0.2, 0) is 39.8 Å². The predicted octanol–water partition coefficient (Wildman–Crippen LogP) is 2.91. The predicted molar refractivity (Wildman–Crippen MR) is 79.9 cm³/mol. The maximum atomic E-state index is 11.6. The number of pyridine rings is 1. The van der Waals surface area contributed by atoms with Gasteiger partial charge in [0.25, 0.3) is 0 Å². The zero-order valence-electron chi connectivity index (χ0n) is 11.8. The summed E-state index contributed by atoms with van der Waals surface area (Å²) in [6.07, 6.45) is 0. The standard InChI is InChI=1S/C16H13ClNO2.Y/c1-3-4-10-20-12-8-9-13(14(17)11-12)15-6-5-7-16(19)18(15)2;/h5,7-9,11H,10H2,1-2H3;/q-1;. The van der Waals surface area contributed by atoms with E-state index in [0.717, 1.165) is 5.56 Å². The molecule has 21 heavy (non-hydrogen) atoms. The fourth-order valence-electron chi connectivity index (χ4n) is 1.74. The third-order valence-corrected chi connectivity index (χ3v) is 3.11. The van der Waals surface area contributed by atoms with Gasteiger partial charge in [-0.1, -0.05) is 34.8 Å². The molecule has 0 atom stereocenters. The molecule has 1 radical (unpaired) electrons. The second-order valence-electron chi connectivity index (χ2n) is 4.08. The van der Waals surface area contributed by atoms with Gasteiger partial charge in [0, 0.05) is 39.8 Å². The SMILES string of the molecule is CC#CCOc1ccc(-c2[c-]ccc(=O)n2C)c(Cl)c1.[Y]. The molecule has 0 saturated heterocycles. The van der Waals surface area contributed by atoms with E-state index in [-0.39, 0.29) is 38.3 Å². The van der Waals surface area contributed by atoms with Crippen LogP contribution in [0, 0.1) is 17.9 Å². The Morgan fingerprint density at radius 1 is 1.38 bits per heavy atom. The Morgan fingerprint density at radius 3 is 2.81 bits per heavy atom. The molecule has 0 amide bonds. The van der Waals surface area contributed by atoms with Crippen LogP contribution in [0.5, 0.6) is 5.75 Å². The fraction of sp³-hybridized carbons (Fsp3) is 0.188. The number of nitrogens with zero attached hydrogens (tertiary/aromatic N) is 1. The van der Waals surface area contributed by atoms with Crippen molar-refractivity contribution < 1.29 is 37.4 Å². The van der Waals surface area contributed by atoms with E-state index in [1.54, 1.807) is 32.2 Å². The van der Waals surface area contributed by atoms with Crippen molar-refractivity contribution in [2.75, 3.05) is 6.61 Å². The minimum absolute atomic E-state index is 0. The van der Waals surface area contributed by atoms with E-state index in [9.17, 15) is 4.79 Å². The van der Waals surface area contributed by atoms with E-state index in [0.29, 0.717) is 23.1 Å². The second kappa shape index (κ2) is 8.39. The molecule has 0 aliphatic rings. The van der Waals surface area contributed by atoms with E-state index < -0.39 is 0 Å². The Balaban J connectivity index is 0.00000220.